The van der Waals surface area contributed by atoms with Gasteiger partial charge in [0.05, 0.1) is 11.6 Å². The van der Waals surface area contributed by atoms with Gasteiger partial charge in [-0.3, -0.25) is 4.79 Å². The Hall–Kier alpha value is -0.610. The zero-order valence-electron chi connectivity index (χ0n) is 9.68. The molecule has 1 saturated heterocycles. The Labute approximate surface area is 91.4 Å². The molecule has 1 rings (SSSR count). The summed E-state index contributed by atoms with van der Waals surface area (Å²) < 4.78 is 0. The fourth-order valence-corrected chi connectivity index (χ4v) is 1.60. The van der Waals surface area contributed by atoms with Crippen molar-refractivity contribution in [2.75, 3.05) is 13.1 Å². The molecule has 0 aromatic carbocycles. The molecule has 0 saturated carbocycles. The number of nitrogens with one attached hydrogen (secondary N) is 2. The lowest BCUT2D eigenvalue weighted by atomic mass is 10.0. The molecule has 1 amide bonds. The van der Waals surface area contributed by atoms with Crippen molar-refractivity contribution < 1.29 is 9.90 Å². The third-order valence-corrected chi connectivity index (χ3v) is 3.03. The summed E-state index contributed by atoms with van der Waals surface area (Å²) in [4.78, 5) is 11.7. The Kier molecular flexibility index (Phi) is 4.54. The zero-order valence-corrected chi connectivity index (χ0v) is 9.68. The van der Waals surface area contributed by atoms with Crippen molar-refractivity contribution >= 4 is 5.91 Å². The number of carbonyl (C=O) groups is 1. The van der Waals surface area contributed by atoms with Crippen LogP contribution in [0.3, 0.4) is 0 Å². The van der Waals surface area contributed by atoms with Crippen molar-refractivity contribution in [1.29, 1.82) is 0 Å². The molecule has 0 aromatic rings. The van der Waals surface area contributed by atoms with Crippen molar-refractivity contribution in [2.24, 2.45) is 0 Å². The highest BCUT2D eigenvalue weighted by molar-refractivity contribution is 5.81. The second-order valence-electron chi connectivity index (χ2n) is 4.57. The predicted molar refractivity (Wildman–Crippen MR) is 59.6 cm³/mol. The highest BCUT2D eigenvalue weighted by atomic mass is 16.3. The van der Waals surface area contributed by atoms with E-state index in [1.165, 1.54) is 0 Å². The van der Waals surface area contributed by atoms with E-state index in [-0.39, 0.29) is 11.9 Å². The molecule has 1 aliphatic rings. The summed E-state index contributed by atoms with van der Waals surface area (Å²) in [5, 5.41) is 15.7. The molecule has 1 heterocycles. The SMILES string of the molecule is CCC(C)(O)CNC(=O)C1CCCCN1. The van der Waals surface area contributed by atoms with E-state index in [0.717, 1.165) is 25.8 Å². The summed E-state index contributed by atoms with van der Waals surface area (Å²) in [6, 6.07) is -0.0635. The molecule has 1 fully saturated rings. The Bertz CT molecular complexity index is 211. The molecule has 2 atom stereocenters. The third-order valence-electron chi connectivity index (χ3n) is 3.03. The van der Waals surface area contributed by atoms with E-state index in [1.54, 1.807) is 6.92 Å². The lowest BCUT2D eigenvalue weighted by Gasteiger charge is -2.26. The van der Waals surface area contributed by atoms with Gasteiger partial charge in [-0.2, -0.15) is 0 Å². The quantitative estimate of drug-likeness (QED) is 0.635. The van der Waals surface area contributed by atoms with Crippen molar-refractivity contribution in [2.45, 2.75) is 51.2 Å². The molecule has 4 heteroatoms. The van der Waals surface area contributed by atoms with Crippen LogP contribution in [-0.2, 0) is 4.79 Å². The highest BCUT2D eigenvalue weighted by Gasteiger charge is 2.23. The maximum Gasteiger partial charge on any atom is 0.237 e. The smallest absolute Gasteiger partial charge is 0.237 e. The van der Waals surface area contributed by atoms with Gasteiger partial charge >= 0.3 is 0 Å². The fourth-order valence-electron chi connectivity index (χ4n) is 1.60. The molecule has 88 valence electrons. The summed E-state index contributed by atoms with van der Waals surface area (Å²) in [5.41, 5.74) is -0.787. The van der Waals surface area contributed by atoms with Crippen LogP contribution >= 0.6 is 0 Å². The van der Waals surface area contributed by atoms with E-state index in [0.29, 0.717) is 13.0 Å². The van der Waals surface area contributed by atoms with E-state index in [4.69, 9.17) is 0 Å². The Morgan fingerprint density at radius 1 is 1.60 bits per heavy atom. The monoisotopic (exact) mass is 214 g/mol. The van der Waals surface area contributed by atoms with E-state index in [1.807, 2.05) is 6.92 Å². The summed E-state index contributed by atoms with van der Waals surface area (Å²) >= 11 is 0. The van der Waals surface area contributed by atoms with Crippen molar-refractivity contribution in [3.63, 3.8) is 0 Å². The first-order valence-electron chi connectivity index (χ1n) is 5.78. The topological polar surface area (TPSA) is 61.4 Å². The normalized spacial score (nSPS) is 25.7. The third kappa shape index (κ3) is 4.18. The van der Waals surface area contributed by atoms with Crippen LogP contribution in [0.2, 0.25) is 0 Å². The Morgan fingerprint density at radius 3 is 2.87 bits per heavy atom. The molecule has 0 radical (unpaired) electrons. The first-order chi connectivity index (χ1) is 7.05. The van der Waals surface area contributed by atoms with E-state index in [2.05, 4.69) is 10.6 Å². The lowest BCUT2D eigenvalue weighted by molar-refractivity contribution is -0.124. The number of rotatable bonds is 4. The van der Waals surface area contributed by atoms with Crippen LogP contribution in [-0.4, -0.2) is 35.7 Å². The van der Waals surface area contributed by atoms with E-state index >= 15 is 0 Å². The van der Waals surface area contributed by atoms with Crippen molar-refractivity contribution in [3.8, 4) is 0 Å². The second-order valence-corrected chi connectivity index (χ2v) is 4.57. The van der Waals surface area contributed by atoms with Crippen LogP contribution in [0.4, 0.5) is 0 Å². The minimum Gasteiger partial charge on any atom is -0.388 e. The number of amides is 1. The zero-order chi connectivity index (χ0) is 11.3. The van der Waals surface area contributed by atoms with Crippen LogP contribution in [0.1, 0.15) is 39.5 Å². The molecule has 2 unspecified atom stereocenters. The molecule has 4 nitrogen and oxygen atoms in total. The van der Waals surface area contributed by atoms with Gasteiger partial charge in [0.15, 0.2) is 0 Å². The highest BCUT2D eigenvalue weighted by Crippen LogP contribution is 2.09. The van der Waals surface area contributed by atoms with Gasteiger partial charge in [-0.05, 0) is 32.7 Å². The van der Waals surface area contributed by atoms with Gasteiger partial charge in [-0.25, -0.2) is 0 Å². The largest absolute Gasteiger partial charge is 0.388 e. The van der Waals surface area contributed by atoms with Gasteiger partial charge in [0.2, 0.25) is 5.91 Å². The van der Waals surface area contributed by atoms with Gasteiger partial charge in [-0.1, -0.05) is 13.3 Å². The van der Waals surface area contributed by atoms with E-state index < -0.39 is 5.60 Å². The minimum atomic E-state index is -0.787. The first-order valence-corrected chi connectivity index (χ1v) is 5.78. The van der Waals surface area contributed by atoms with Crippen LogP contribution in [0.25, 0.3) is 0 Å². The lowest BCUT2D eigenvalue weighted by Crippen LogP contribution is -2.50. The molecule has 0 bridgehead atoms. The fraction of sp³-hybridized carbons (Fsp3) is 0.909. The standard InChI is InChI=1S/C11H22N2O2/c1-3-11(2,15)8-13-10(14)9-6-4-5-7-12-9/h9,12,15H,3-8H2,1-2H3,(H,13,14). The number of hydrogen-bond acceptors (Lipinski definition) is 3. The van der Waals surface area contributed by atoms with Crippen molar-refractivity contribution in [3.05, 3.63) is 0 Å². The molecule has 0 aliphatic carbocycles. The van der Waals surface area contributed by atoms with Gasteiger partial charge < -0.3 is 15.7 Å². The molecular weight excluding hydrogens is 192 g/mol. The Morgan fingerprint density at radius 2 is 2.33 bits per heavy atom. The molecule has 0 aromatic heterocycles. The number of piperidine rings is 1. The molecule has 0 spiro atoms. The Balaban J connectivity index is 2.28. The summed E-state index contributed by atoms with van der Waals surface area (Å²) in [6.07, 6.45) is 3.80. The summed E-state index contributed by atoms with van der Waals surface area (Å²) in [5.74, 6) is 0.0171. The summed E-state index contributed by atoms with van der Waals surface area (Å²) in [7, 11) is 0. The van der Waals surface area contributed by atoms with Crippen molar-refractivity contribution in [1.82, 2.24) is 10.6 Å². The number of carbonyl (C=O) groups excluding carboxylic acids is 1. The predicted octanol–water partition coefficient (Wildman–Crippen LogP) is 0.406. The maximum absolute atomic E-state index is 11.7. The average molecular weight is 214 g/mol. The number of aliphatic hydroxyl groups is 1. The van der Waals surface area contributed by atoms with Crippen LogP contribution in [0, 0.1) is 0 Å². The van der Waals surface area contributed by atoms with Crippen LogP contribution < -0.4 is 10.6 Å². The summed E-state index contributed by atoms with van der Waals surface area (Å²) in [6.45, 7) is 4.90. The maximum atomic E-state index is 11.7. The van der Waals surface area contributed by atoms with Gasteiger partial charge in [0, 0.05) is 6.54 Å². The van der Waals surface area contributed by atoms with Gasteiger partial charge in [0.1, 0.15) is 0 Å². The molecular formula is C11H22N2O2. The van der Waals surface area contributed by atoms with Crippen LogP contribution in [0.15, 0.2) is 0 Å². The number of hydrogen-bond donors (Lipinski definition) is 3. The molecule has 3 N–H and O–H groups in total. The first kappa shape index (κ1) is 12.5. The van der Waals surface area contributed by atoms with Gasteiger partial charge in [-0.15, -0.1) is 0 Å². The average Bonchev–Trinajstić information content (AvgIpc) is 2.27. The second kappa shape index (κ2) is 5.47. The molecule has 1 aliphatic heterocycles. The van der Waals surface area contributed by atoms with E-state index in [9.17, 15) is 9.90 Å². The minimum absolute atomic E-state index is 0.0171. The van der Waals surface area contributed by atoms with Gasteiger partial charge in [0.25, 0.3) is 0 Å². The van der Waals surface area contributed by atoms with Crippen LogP contribution in [0.5, 0.6) is 0 Å². The molecule has 15 heavy (non-hydrogen) atoms.